The molecule has 7 heteroatoms. The summed E-state index contributed by atoms with van der Waals surface area (Å²) in [4.78, 5) is 22.8. The summed E-state index contributed by atoms with van der Waals surface area (Å²) in [6, 6.07) is 8.86. The zero-order chi connectivity index (χ0) is 15.2. The first-order valence-electron chi connectivity index (χ1n) is 6.05. The quantitative estimate of drug-likeness (QED) is 0.815. The Hall–Kier alpha value is -1.86. The van der Waals surface area contributed by atoms with Crippen LogP contribution in [0.4, 0.5) is 5.69 Å². The van der Waals surface area contributed by atoms with Gasteiger partial charge in [-0.25, -0.2) is 4.79 Å². The van der Waals surface area contributed by atoms with E-state index in [9.17, 15) is 9.59 Å². The van der Waals surface area contributed by atoms with Gasteiger partial charge in [-0.1, -0.05) is 15.9 Å². The van der Waals surface area contributed by atoms with Gasteiger partial charge < -0.3 is 15.2 Å². The van der Waals surface area contributed by atoms with E-state index in [-0.39, 0.29) is 23.8 Å². The van der Waals surface area contributed by atoms with E-state index in [1.165, 1.54) is 0 Å². The smallest absolute Gasteiger partial charge is 0.348 e. The largest absolute Gasteiger partial charge is 0.493 e. The van der Waals surface area contributed by atoms with Gasteiger partial charge >= 0.3 is 5.97 Å². The Labute approximate surface area is 133 Å². The number of carbonyl (C=O) groups is 2. The number of hydrogen-bond acceptors (Lipinski definition) is 4. The molecule has 1 aromatic heterocycles. The van der Waals surface area contributed by atoms with E-state index in [0.717, 1.165) is 15.8 Å². The normalized spacial score (nSPS) is 10.1. The van der Waals surface area contributed by atoms with Crippen LogP contribution in [0, 0.1) is 0 Å². The number of anilines is 1. The molecule has 0 atom stereocenters. The predicted octanol–water partition coefficient (Wildman–Crippen LogP) is 3.62. The minimum atomic E-state index is -1.05. The molecule has 1 amide bonds. The van der Waals surface area contributed by atoms with Crippen molar-refractivity contribution >= 4 is 44.8 Å². The number of amides is 1. The first-order valence-corrected chi connectivity index (χ1v) is 7.72. The van der Waals surface area contributed by atoms with Gasteiger partial charge in [-0.15, -0.1) is 11.3 Å². The third kappa shape index (κ3) is 4.57. The highest BCUT2D eigenvalue weighted by atomic mass is 79.9. The van der Waals surface area contributed by atoms with Crippen LogP contribution in [0.15, 0.2) is 40.2 Å². The van der Waals surface area contributed by atoms with Crippen LogP contribution in [-0.2, 0) is 4.79 Å². The first-order chi connectivity index (χ1) is 10.1. The van der Waals surface area contributed by atoms with Gasteiger partial charge in [-0.3, -0.25) is 4.79 Å². The lowest BCUT2D eigenvalue weighted by Gasteiger charge is -2.07. The molecule has 0 radical (unpaired) electrons. The van der Waals surface area contributed by atoms with Gasteiger partial charge in [-0.05, 0) is 35.7 Å². The maximum Gasteiger partial charge on any atom is 0.348 e. The molecule has 0 spiro atoms. The molecular formula is C14H12BrNO4S. The highest BCUT2D eigenvalue weighted by Crippen LogP contribution is 2.22. The molecule has 0 aliphatic rings. The fourth-order valence-electron chi connectivity index (χ4n) is 1.58. The number of ether oxygens (including phenoxy) is 1. The second-order valence-corrected chi connectivity index (χ2v) is 5.90. The average Bonchev–Trinajstić information content (AvgIpc) is 2.89. The number of carboxylic acid groups (broad SMARTS) is 1. The standard InChI is InChI=1S/C14H12BrNO4S/c15-9-1-3-10(4-2-9)20-7-5-12(17)16-11-6-8-21-13(11)14(18)19/h1-4,6,8H,5,7H2,(H,16,17)(H,18,19). The Morgan fingerprint density at radius 3 is 2.62 bits per heavy atom. The Morgan fingerprint density at radius 1 is 1.24 bits per heavy atom. The molecule has 2 rings (SSSR count). The molecule has 0 aliphatic heterocycles. The van der Waals surface area contributed by atoms with Crippen LogP contribution < -0.4 is 10.1 Å². The molecule has 1 heterocycles. The summed E-state index contributed by atoms with van der Waals surface area (Å²) in [6.45, 7) is 0.222. The Kier molecular flexibility index (Phi) is 5.35. The zero-order valence-electron chi connectivity index (χ0n) is 10.8. The molecule has 0 fully saturated rings. The van der Waals surface area contributed by atoms with Crippen LogP contribution in [0.5, 0.6) is 5.75 Å². The van der Waals surface area contributed by atoms with Crippen molar-refractivity contribution in [2.24, 2.45) is 0 Å². The molecule has 110 valence electrons. The molecule has 2 N–H and O–H groups in total. The highest BCUT2D eigenvalue weighted by molar-refractivity contribution is 9.10. The van der Waals surface area contributed by atoms with Gasteiger partial charge in [-0.2, -0.15) is 0 Å². The van der Waals surface area contributed by atoms with Gasteiger partial charge in [0, 0.05) is 4.47 Å². The number of carbonyl (C=O) groups excluding carboxylic acids is 1. The number of nitrogens with one attached hydrogen (secondary N) is 1. The van der Waals surface area contributed by atoms with Gasteiger partial charge in [0.2, 0.25) is 5.91 Å². The maximum atomic E-state index is 11.7. The molecule has 0 aliphatic carbocycles. The molecular weight excluding hydrogens is 358 g/mol. The van der Waals surface area contributed by atoms with E-state index in [4.69, 9.17) is 9.84 Å². The fraction of sp³-hybridized carbons (Fsp3) is 0.143. The van der Waals surface area contributed by atoms with E-state index >= 15 is 0 Å². The third-order valence-electron chi connectivity index (χ3n) is 2.55. The summed E-state index contributed by atoms with van der Waals surface area (Å²) >= 11 is 4.39. The van der Waals surface area contributed by atoms with Crippen molar-refractivity contribution < 1.29 is 19.4 Å². The lowest BCUT2D eigenvalue weighted by Crippen LogP contribution is -2.16. The van der Waals surface area contributed by atoms with Crippen LogP contribution in [0.1, 0.15) is 16.1 Å². The molecule has 0 bridgehead atoms. The summed E-state index contributed by atoms with van der Waals surface area (Å²) in [5, 5.41) is 13.1. The SMILES string of the molecule is O=C(CCOc1ccc(Br)cc1)Nc1ccsc1C(=O)O. The number of rotatable bonds is 6. The van der Waals surface area contributed by atoms with Crippen molar-refractivity contribution in [2.45, 2.75) is 6.42 Å². The monoisotopic (exact) mass is 369 g/mol. The van der Waals surface area contributed by atoms with Crippen molar-refractivity contribution in [3.05, 3.63) is 45.1 Å². The molecule has 2 aromatic rings. The van der Waals surface area contributed by atoms with Crippen molar-refractivity contribution in [3.63, 3.8) is 0 Å². The zero-order valence-corrected chi connectivity index (χ0v) is 13.2. The molecule has 1 aromatic carbocycles. The summed E-state index contributed by atoms with van der Waals surface area (Å²) in [6.07, 6.45) is 0.144. The minimum absolute atomic E-state index is 0.122. The van der Waals surface area contributed by atoms with E-state index in [0.29, 0.717) is 11.4 Å². The molecule has 0 saturated carbocycles. The fourth-order valence-corrected chi connectivity index (χ4v) is 2.53. The Balaban J connectivity index is 1.81. The van der Waals surface area contributed by atoms with Crippen molar-refractivity contribution in [2.75, 3.05) is 11.9 Å². The van der Waals surface area contributed by atoms with E-state index in [1.807, 2.05) is 12.1 Å². The number of halogens is 1. The summed E-state index contributed by atoms with van der Waals surface area (Å²) in [5.41, 5.74) is 0.321. The maximum absolute atomic E-state index is 11.7. The number of hydrogen-bond donors (Lipinski definition) is 2. The van der Waals surface area contributed by atoms with Gasteiger partial charge in [0.05, 0.1) is 18.7 Å². The molecule has 5 nitrogen and oxygen atoms in total. The predicted molar refractivity (Wildman–Crippen MR) is 84.2 cm³/mol. The lowest BCUT2D eigenvalue weighted by molar-refractivity contribution is -0.116. The number of aromatic carboxylic acids is 1. The van der Waals surface area contributed by atoms with Crippen molar-refractivity contribution in [1.29, 1.82) is 0 Å². The Bertz CT molecular complexity index is 639. The molecule has 0 saturated heterocycles. The Morgan fingerprint density at radius 2 is 1.95 bits per heavy atom. The first kappa shape index (κ1) is 15.5. The van der Waals surface area contributed by atoms with E-state index in [1.54, 1.807) is 23.6 Å². The summed E-state index contributed by atoms with van der Waals surface area (Å²) < 4.78 is 6.38. The van der Waals surface area contributed by atoms with Crippen LogP contribution in [0.2, 0.25) is 0 Å². The van der Waals surface area contributed by atoms with E-state index < -0.39 is 5.97 Å². The van der Waals surface area contributed by atoms with Crippen LogP contribution in [-0.4, -0.2) is 23.6 Å². The number of thiophene rings is 1. The molecule has 21 heavy (non-hydrogen) atoms. The summed E-state index contributed by atoms with van der Waals surface area (Å²) in [7, 11) is 0. The minimum Gasteiger partial charge on any atom is -0.493 e. The van der Waals surface area contributed by atoms with Crippen molar-refractivity contribution in [3.8, 4) is 5.75 Å². The van der Waals surface area contributed by atoms with Gasteiger partial charge in [0.1, 0.15) is 10.6 Å². The highest BCUT2D eigenvalue weighted by Gasteiger charge is 2.13. The third-order valence-corrected chi connectivity index (χ3v) is 3.98. The van der Waals surface area contributed by atoms with Crippen molar-refractivity contribution in [1.82, 2.24) is 0 Å². The van der Waals surface area contributed by atoms with Gasteiger partial charge in [0.25, 0.3) is 0 Å². The van der Waals surface area contributed by atoms with E-state index in [2.05, 4.69) is 21.2 Å². The van der Waals surface area contributed by atoms with Crippen LogP contribution >= 0.6 is 27.3 Å². The lowest BCUT2D eigenvalue weighted by atomic mass is 10.3. The van der Waals surface area contributed by atoms with Gasteiger partial charge in [0.15, 0.2) is 0 Å². The average molecular weight is 370 g/mol. The topological polar surface area (TPSA) is 75.6 Å². The number of carboxylic acids is 1. The van der Waals surface area contributed by atoms with Crippen LogP contribution in [0.3, 0.4) is 0 Å². The second kappa shape index (κ2) is 7.24. The molecule has 0 unspecified atom stereocenters. The summed E-state index contributed by atoms with van der Waals surface area (Å²) in [5.74, 6) is -0.660. The second-order valence-electron chi connectivity index (χ2n) is 4.07. The number of benzene rings is 1. The van der Waals surface area contributed by atoms with Crippen LogP contribution in [0.25, 0.3) is 0 Å².